The van der Waals surface area contributed by atoms with E-state index >= 15 is 0 Å². The van der Waals surface area contributed by atoms with Crippen LogP contribution >= 0.6 is 0 Å². The number of hydrogen-bond donors (Lipinski definition) is 2. The van der Waals surface area contributed by atoms with Crippen molar-refractivity contribution in [2.75, 3.05) is 39.8 Å². The summed E-state index contributed by atoms with van der Waals surface area (Å²) in [6, 6.07) is 0. The number of likely N-dealkylation sites (tertiary alicyclic amines) is 1. The molecule has 2 N–H and O–H groups in total. The van der Waals surface area contributed by atoms with Gasteiger partial charge in [0.15, 0.2) is 5.96 Å². The number of hydrogen-bond acceptors (Lipinski definition) is 2. The summed E-state index contributed by atoms with van der Waals surface area (Å²) in [5.41, 5.74) is 0. The van der Waals surface area contributed by atoms with E-state index < -0.39 is 0 Å². The summed E-state index contributed by atoms with van der Waals surface area (Å²) in [5, 5.41) is 6.80. The molecule has 0 spiro atoms. The number of guanidine groups is 1. The molecule has 0 radical (unpaired) electrons. The van der Waals surface area contributed by atoms with Gasteiger partial charge in [-0.15, -0.1) is 0 Å². The lowest BCUT2D eigenvalue weighted by Crippen LogP contribution is -2.39. The van der Waals surface area contributed by atoms with Gasteiger partial charge in [-0.05, 0) is 58.0 Å². The van der Waals surface area contributed by atoms with Crippen LogP contribution in [0.25, 0.3) is 0 Å². The summed E-state index contributed by atoms with van der Waals surface area (Å²) >= 11 is 0. The third-order valence-electron chi connectivity index (χ3n) is 3.82. The Balaban J connectivity index is 2.29. The van der Waals surface area contributed by atoms with E-state index in [2.05, 4.69) is 43.4 Å². The Morgan fingerprint density at radius 2 is 2.15 bits per heavy atom. The molecule has 1 rings (SSSR count). The van der Waals surface area contributed by atoms with E-state index in [1.165, 1.54) is 38.8 Å². The molecule has 1 aliphatic rings. The van der Waals surface area contributed by atoms with Crippen LogP contribution in [0.2, 0.25) is 0 Å². The molecule has 0 aromatic rings. The van der Waals surface area contributed by atoms with Crippen LogP contribution in [0.15, 0.2) is 4.99 Å². The summed E-state index contributed by atoms with van der Waals surface area (Å²) in [6.07, 6.45) is 5.13. The Hall–Kier alpha value is -0.770. The Morgan fingerprint density at radius 1 is 1.35 bits per heavy atom. The third-order valence-corrected chi connectivity index (χ3v) is 3.82. The van der Waals surface area contributed by atoms with Crippen molar-refractivity contribution in [3.8, 4) is 0 Å². The molecule has 0 aromatic heterocycles. The standard InChI is InChI=1S/C16H34N4/c1-5-17-16(18-10-6-8-14(2)3)19-12-15-9-7-11-20(4)13-15/h14-15H,5-13H2,1-4H3,(H2,17,18,19). The van der Waals surface area contributed by atoms with Crippen LogP contribution < -0.4 is 10.6 Å². The van der Waals surface area contributed by atoms with Crippen molar-refractivity contribution in [2.45, 2.75) is 46.5 Å². The van der Waals surface area contributed by atoms with E-state index in [0.29, 0.717) is 0 Å². The van der Waals surface area contributed by atoms with Crippen molar-refractivity contribution in [3.05, 3.63) is 0 Å². The van der Waals surface area contributed by atoms with Crippen LogP contribution in [-0.4, -0.2) is 50.6 Å². The van der Waals surface area contributed by atoms with Gasteiger partial charge in [-0.2, -0.15) is 0 Å². The second-order valence-electron chi connectivity index (χ2n) is 6.45. The summed E-state index contributed by atoms with van der Waals surface area (Å²) in [6.45, 7) is 12.0. The summed E-state index contributed by atoms with van der Waals surface area (Å²) in [4.78, 5) is 7.18. The van der Waals surface area contributed by atoms with E-state index in [9.17, 15) is 0 Å². The molecule has 1 atom stereocenters. The highest BCUT2D eigenvalue weighted by Gasteiger charge is 2.16. The van der Waals surface area contributed by atoms with Gasteiger partial charge in [-0.1, -0.05) is 13.8 Å². The number of nitrogens with one attached hydrogen (secondary N) is 2. The molecule has 0 aromatic carbocycles. The summed E-state index contributed by atoms with van der Waals surface area (Å²) < 4.78 is 0. The van der Waals surface area contributed by atoms with E-state index in [-0.39, 0.29) is 0 Å². The maximum Gasteiger partial charge on any atom is 0.191 e. The van der Waals surface area contributed by atoms with E-state index in [4.69, 9.17) is 4.99 Å². The van der Waals surface area contributed by atoms with Crippen LogP contribution in [0.5, 0.6) is 0 Å². The summed E-state index contributed by atoms with van der Waals surface area (Å²) in [7, 11) is 2.21. The molecule has 1 aliphatic heterocycles. The van der Waals surface area contributed by atoms with Gasteiger partial charge in [-0.25, -0.2) is 0 Å². The highest BCUT2D eigenvalue weighted by molar-refractivity contribution is 5.79. The highest BCUT2D eigenvalue weighted by atomic mass is 15.2. The average Bonchev–Trinajstić information content (AvgIpc) is 2.40. The molecule has 4 heteroatoms. The van der Waals surface area contributed by atoms with Gasteiger partial charge in [-0.3, -0.25) is 4.99 Å². The smallest absolute Gasteiger partial charge is 0.191 e. The van der Waals surface area contributed by atoms with Gasteiger partial charge >= 0.3 is 0 Å². The zero-order chi connectivity index (χ0) is 14.8. The third kappa shape index (κ3) is 7.73. The van der Waals surface area contributed by atoms with Crippen LogP contribution in [0.1, 0.15) is 46.5 Å². The molecule has 0 bridgehead atoms. The van der Waals surface area contributed by atoms with Gasteiger partial charge < -0.3 is 15.5 Å². The first kappa shape index (κ1) is 17.3. The predicted molar refractivity (Wildman–Crippen MR) is 88.3 cm³/mol. The lowest BCUT2D eigenvalue weighted by atomic mass is 9.99. The van der Waals surface area contributed by atoms with Crippen LogP contribution in [0, 0.1) is 11.8 Å². The SMILES string of the molecule is CCNC(=NCC1CCCN(C)C1)NCCCC(C)C. The monoisotopic (exact) mass is 282 g/mol. The fraction of sp³-hybridized carbons (Fsp3) is 0.938. The van der Waals surface area contributed by atoms with Crippen molar-refractivity contribution in [1.29, 1.82) is 0 Å². The fourth-order valence-electron chi connectivity index (χ4n) is 2.70. The molecule has 1 saturated heterocycles. The Labute approximate surface area is 125 Å². The molecular weight excluding hydrogens is 248 g/mol. The molecular formula is C16H34N4. The fourth-order valence-corrected chi connectivity index (χ4v) is 2.70. The first-order chi connectivity index (χ1) is 9.61. The average molecular weight is 282 g/mol. The highest BCUT2D eigenvalue weighted by Crippen LogP contribution is 2.14. The number of rotatable bonds is 7. The van der Waals surface area contributed by atoms with Crippen molar-refractivity contribution in [2.24, 2.45) is 16.8 Å². The molecule has 1 unspecified atom stereocenters. The number of nitrogens with zero attached hydrogens (tertiary/aromatic N) is 2. The molecule has 1 heterocycles. The lowest BCUT2D eigenvalue weighted by molar-refractivity contribution is 0.214. The predicted octanol–water partition coefficient (Wildman–Crippen LogP) is 2.32. The van der Waals surface area contributed by atoms with Gasteiger partial charge in [0.05, 0.1) is 0 Å². The van der Waals surface area contributed by atoms with Crippen LogP contribution in [0.4, 0.5) is 0 Å². The maximum absolute atomic E-state index is 4.76. The zero-order valence-electron chi connectivity index (χ0n) is 13.9. The first-order valence-corrected chi connectivity index (χ1v) is 8.32. The number of piperidine rings is 1. The quantitative estimate of drug-likeness (QED) is 0.428. The minimum atomic E-state index is 0.722. The van der Waals surface area contributed by atoms with E-state index in [1.54, 1.807) is 0 Å². The first-order valence-electron chi connectivity index (χ1n) is 8.32. The normalized spacial score (nSPS) is 21.2. The lowest BCUT2D eigenvalue weighted by Gasteiger charge is -2.28. The van der Waals surface area contributed by atoms with Crippen molar-refractivity contribution < 1.29 is 0 Å². The van der Waals surface area contributed by atoms with Gasteiger partial charge in [0.25, 0.3) is 0 Å². The number of aliphatic imine (C=N–C) groups is 1. The molecule has 20 heavy (non-hydrogen) atoms. The van der Waals surface area contributed by atoms with Gasteiger partial charge in [0, 0.05) is 26.2 Å². The van der Waals surface area contributed by atoms with Gasteiger partial charge in [0.1, 0.15) is 0 Å². The zero-order valence-corrected chi connectivity index (χ0v) is 13.9. The van der Waals surface area contributed by atoms with E-state index in [1.807, 2.05) is 0 Å². The molecule has 0 amide bonds. The van der Waals surface area contributed by atoms with Crippen molar-refractivity contribution in [3.63, 3.8) is 0 Å². The molecule has 4 nitrogen and oxygen atoms in total. The Morgan fingerprint density at radius 3 is 2.80 bits per heavy atom. The van der Waals surface area contributed by atoms with Crippen molar-refractivity contribution >= 4 is 5.96 Å². The van der Waals surface area contributed by atoms with Crippen molar-refractivity contribution in [1.82, 2.24) is 15.5 Å². The molecule has 1 fully saturated rings. The topological polar surface area (TPSA) is 39.7 Å². The van der Waals surface area contributed by atoms with Gasteiger partial charge in [0.2, 0.25) is 0 Å². The Kier molecular flexibility index (Phi) is 8.67. The summed E-state index contributed by atoms with van der Waals surface area (Å²) in [5.74, 6) is 2.50. The second kappa shape index (κ2) is 10.0. The Bertz CT molecular complexity index is 276. The van der Waals surface area contributed by atoms with Crippen LogP contribution in [-0.2, 0) is 0 Å². The van der Waals surface area contributed by atoms with Crippen LogP contribution in [0.3, 0.4) is 0 Å². The minimum absolute atomic E-state index is 0.722. The molecule has 118 valence electrons. The molecule has 0 saturated carbocycles. The van der Waals surface area contributed by atoms with E-state index in [0.717, 1.165) is 37.4 Å². The maximum atomic E-state index is 4.76. The minimum Gasteiger partial charge on any atom is -0.357 e. The largest absolute Gasteiger partial charge is 0.357 e. The second-order valence-corrected chi connectivity index (χ2v) is 6.45. The molecule has 0 aliphatic carbocycles.